The van der Waals surface area contributed by atoms with Crippen molar-refractivity contribution in [2.45, 2.75) is 18.0 Å². The van der Waals surface area contributed by atoms with E-state index in [1.54, 1.807) is 0 Å². The van der Waals surface area contributed by atoms with E-state index >= 15 is 0 Å². The van der Waals surface area contributed by atoms with Crippen LogP contribution in [0.3, 0.4) is 0 Å². The van der Waals surface area contributed by atoms with E-state index in [0.29, 0.717) is 0 Å². The molecule has 0 radical (unpaired) electrons. The molecule has 10 heteroatoms. The summed E-state index contributed by atoms with van der Waals surface area (Å²) in [6, 6.07) is -12.9. The molecule has 148 valence electrons. The van der Waals surface area contributed by atoms with E-state index in [1.165, 1.54) is 0 Å². The molecule has 2 N–H and O–H groups in total. The van der Waals surface area contributed by atoms with Crippen LogP contribution in [0.25, 0.3) is 0 Å². The van der Waals surface area contributed by atoms with Gasteiger partial charge in [0, 0.05) is 5.56 Å². The van der Waals surface area contributed by atoms with Crippen molar-refractivity contribution < 1.29 is 54.6 Å². The van der Waals surface area contributed by atoms with E-state index in [-0.39, 0.29) is 0 Å². The summed E-state index contributed by atoms with van der Waals surface area (Å²) in [6.07, 6.45) is -9.15. The van der Waals surface area contributed by atoms with Gasteiger partial charge in [0.1, 0.15) is 5.70 Å². The van der Waals surface area contributed by atoms with E-state index in [0.717, 1.165) is 0 Å². The Morgan fingerprint density at radius 3 is 2.43 bits per heavy atom. The van der Waals surface area contributed by atoms with Crippen LogP contribution in [0.15, 0.2) is 66.0 Å². The first-order valence-corrected chi connectivity index (χ1v) is 8.22. The van der Waals surface area contributed by atoms with Gasteiger partial charge in [-0.25, -0.2) is 0 Å². The van der Waals surface area contributed by atoms with Gasteiger partial charge in [-0.1, -0.05) is 42.3 Å². The lowest BCUT2D eigenvalue weighted by atomic mass is 10.0. The molecule has 6 nitrogen and oxygen atoms in total. The third-order valence-electron chi connectivity index (χ3n) is 2.86. The molecule has 3 rings (SSSR count). The Balaban J connectivity index is 2.22. The molecule has 2 aromatic carbocycles. The van der Waals surface area contributed by atoms with Gasteiger partial charge in [0.25, 0.3) is 0 Å². The molecule has 0 amide bonds. The number of alkyl halides is 3. The van der Waals surface area contributed by atoms with Crippen molar-refractivity contribution in [3.05, 3.63) is 82.7 Å². The van der Waals surface area contributed by atoms with E-state index in [4.69, 9.17) is 24.0 Å². The number of halogens is 3. The third kappa shape index (κ3) is 4.28. The van der Waals surface area contributed by atoms with Gasteiger partial charge in [0.2, 0.25) is 17.4 Å². The van der Waals surface area contributed by atoms with Gasteiger partial charge in [-0.05, 0) is 17.6 Å². The van der Waals surface area contributed by atoms with E-state index in [1.807, 2.05) is 0 Å². The van der Waals surface area contributed by atoms with Crippen molar-refractivity contribution in [2.24, 2.45) is 5.72 Å². The van der Waals surface area contributed by atoms with Crippen LogP contribution < -0.4 is 5.72 Å². The van der Waals surface area contributed by atoms with E-state index in [9.17, 15) is 26.4 Å². The summed E-state index contributed by atoms with van der Waals surface area (Å²) in [6.45, 7) is 0. The molecule has 0 spiro atoms. The highest BCUT2D eigenvalue weighted by Gasteiger charge is 2.40. The third-order valence-corrected chi connectivity index (χ3v) is 3.70. The van der Waals surface area contributed by atoms with Gasteiger partial charge in [0.15, 0.2) is 8.90 Å². The van der Waals surface area contributed by atoms with Crippen molar-refractivity contribution in [3.8, 4) is 0 Å². The van der Waals surface area contributed by atoms with Gasteiger partial charge in [-0.3, -0.25) is 4.79 Å². The number of hydrogen-bond acceptors (Lipinski definition) is 6. The smallest absolute Gasteiger partial charge is 0.416 e. The molecule has 2 aromatic rings. The molecule has 1 heterocycles. The number of nitrogens with two attached hydrogens (primary N) is 1. The SMILES string of the molecule is [2H]c1c([2H])c([2H])c(C([2H])([2H])S(=O)(=O)OC2=C(N([2H])[2H])O[C@]([2H])(c3c([2H])c([2H])c(C(F)(F)F)c([2H])c3[2H])C2=O)c([2H])c1[2H]. The maximum atomic E-state index is 13.3. The topological polar surface area (TPSA) is 95.7 Å². The number of hydrogen-bond donors (Lipinski definition) is 1. The summed E-state index contributed by atoms with van der Waals surface area (Å²) in [5.41, 5.74) is -9.87. The van der Waals surface area contributed by atoms with Crippen molar-refractivity contribution in [1.82, 2.24) is 0 Å². The molecule has 0 fully saturated rings. The molecule has 0 aromatic heterocycles. The Labute approximate surface area is 178 Å². The highest BCUT2D eigenvalue weighted by molar-refractivity contribution is 7.86. The van der Waals surface area contributed by atoms with Crippen LogP contribution in [0.1, 0.15) is 39.2 Å². The number of Topliss-reactive ketones (excluding diaryl/α,β-unsaturated/α-hetero) is 1. The second kappa shape index (κ2) is 7.19. The summed E-state index contributed by atoms with van der Waals surface area (Å²) in [5, 5.41) is 0. The van der Waals surface area contributed by atoms with Crippen LogP contribution in [0.2, 0.25) is 2.82 Å². The first kappa shape index (κ1) is 8.56. The number of rotatable bonds is 6. The van der Waals surface area contributed by atoms with E-state index < -0.39 is 122 Å². The van der Waals surface area contributed by atoms with E-state index in [2.05, 4.69) is 4.18 Å². The average molecular weight is 427 g/mol. The van der Waals surface area contributed by atoms with Gasteiger partial charge >= 0.3 is 16.3 Å². The molecular weight excluding hydrogens is 399 g/mol. The van der Waals surface area contributed by atoms with Gasteiger partial charge in [-0.2, -0.15) is 21.6 Å². The maximum Gasteiger partial charge on any atom is 0.416 e. The molecule has 28 heavy (non-hydrogen) atoms. The Kier molecular flexibility index (Phi) is 2.20. The monoisotopic (exact) mass is 427 g/mol. The number of ketones is 1. The largest absolute Gasteiger partial charge is 0.460 e. The zero-order valence-electron chi connectivity index (χ0n) is 27.0. The number of carbonyl (C=O) groups excluding carboxylic acids is 1. The van der Waals surface area contributed by atoms with Crippen molar-refractivity contribution >= 4 is 15.9 Å². The average Bonchev–Trinajstić information content (AvgIpc) is 3.10. The zero-order valence-corrected chi connectivity index (χ0v) is 13.8. The minimum atomic E-state index is -6.07. The number of benzene rings is 2. The Hall–Kier alpha value is -3.01. The fraction of sp³-hybridized carbons (Fsp3) is 0.167. The lowest BCUT2D eigenvalue weighted by Crippen LogP contribution is -2.16. The molecule has 0 aliphatic carbocycles. The van der Waals surface area contributed by atoms with Crippen LogP contribution in [0.5, 0.6) is 0 Å². The van der Waals surface area contributed by atoms with Crippen molar-refractivity contribution in [3.63, 3.8) is 0 Å². The first-order valence-electron chi connectivity index (χ1n) is 13.7. The lowest BCUT2D eigenvalue weighted by molar-refractivity contribution is -0.137. The number of carbonyl (C=O) groups is 1. The standard InChI is InChI=1S/C18H14F3NO5S/c19-18(20,21)13-8-6-12(7-9-13)15-14(23)16(17(22)26-15)27-28(24,25)10-11-4-2-1-3-5-11/h1-9,15H,10,22H2/t15-/m1/s1/i1D,2D,3D,4D,5D,6D,7D,8D,9D,10D2,15D/hD2. The summed E-state index contributed by atoms with van der Waals surface area (Å²) in [7, 11) is -6.07. The molecule has 1 aliphatic rings. The molecule has 1 aliphatic heterocycles. The minimum absolute atomic E-state index is 0.695. The van der Waals surface area contributed by atoms with Crippen LogP contribution in [0.4, 0.5) is 13.2 Å². The predicted octanol–water partition coefficient (Wildman–Crippen LogP) is 3.02. The summed E-state index contributed by atoms with van der Waals surface area (Å²) < 4.78 is 184. The number of ether oxygens (including phenoxy) is 1. The predicted molar refractivity (Wildman–Crippen MR) is 91.6 cm³/mol. The first-order chi connectivity index (χ1) is 18.9. The van der Waals surface area contributed by atoms with Gasteiger partial charge in [-0.15, -0.1) is 0 Å². The fourth-order valence-corrected chi connectivity index (χ4v) is 2.51. The maximum absolute atomic E-state index is 13.3. The normalized spacial score (nSPS) is 27.6. The molecule has 0 saturated carbocycles. The second-order valence-corrected chi connectivity index (χ2v) is 6.06. The van der Waals surface area contributed by atoms with Crippen LogP contribution in [0, 0.1) is 0 Å². The molecule has 0 bridgehead atoms. The summed E-state index contributed by atoms with van der Waals surface area (Å²) in [5.74, 6) is -5.63. The summed E-state index contributed by atoms with van der Waals surface area (Å²) >= 11 is 0. The minimum Gasteiger partial charge on any atom is -0.460 e. The quantitative estimate of drug-likeness (QED) is 0.712. The van der Waals surface area contributed by atoms with Crippen molar-refractivity contribution in [1.29, 1.82) is 0 Å². The van der Waals surface area contributed by atoms with Gasteiger partial charge in [0.05, 0.1) is 22.0 Å². The highest BCUT2D eigenvalue weighted by atomic mass is 32.2. The Morgan fingerprint density at radius 1 is 1.21 bits per heavy atom. The summed E-state index contributed by atoms with van der Waals surface area (Å²) in [4.78, 5) is 13.2. The van der Waals surface area contributed by atoms with Crippen LogP contribution >= 0.6 is 0 Å². The molecule has 0 unspecified atom stereocenters. The van der Waals surface area contributed by atoms with Crippen LogP contribution in [-0.2, 0) is 35.7 Å². The zero-order chi connectivity index (χ0) is 32.7. The molecular formula is C18H14F3NO5S. The molecule has 1 atom stereocenters. The molecule has 0 saturated heterocycles. The lowest BCUT2D eigenvalue weighted by Gasteiger charge is -2.12. The van der Waals surface area contributed by atoms with Crippen molar-refractivity contribution in [2.75, 3.05) is 0 Å². The second-order valence-electron chi connectivity index (χ2n) is 4.78. The fourth-order valence-electron chi connectivity index (χ4n) is 1.75. The van der Waals surface area contributed by atoms with Gasteiger partial charge < -0.3 is 14.6 Å². The Bertz CT molecular complexity index is 1620. The van der Waals surface area contributed by atoms with Crippen LogP contribution in [-0.4, -0.2) is 14.2 Å². The highest BCUT2D eigenvalue weighted by Crippen LogP contribution is 2.35. The Morgan fingerprint density at radius 2 is 1.86 bits per heavy atom.